The van der Waals surface area contributed by atoms with Crippen molar-refractivity contribution in [3.63, 3.8) is 0 Å². The predicted octanol–water partition coefficient (Wildman–Crippen LogP) is 2.66. The normalized spacial score (nSPS) is 14.1. The second kappa shape index (κ2) is 6.08. The third-order valence-corrected chi connectivity index (χ3v) is 4.56. The van der Waals surface area contributed by atoms with Crippen molar-refractivity contribution in [2.45, 2.75) is 44.8 Å². The van der Waals surface area contributed by atoms with Gasteiger partial charge in [-0.05, 0) is 55.2 Å². The van der Waals surface area contributed by atoms with Crippen LogP contribution in [0.5, 0.6) is 0 Å². The van der Waals surface area contributed by atoms with Gasteiger partial charge in [0.05, 0.1) is 11.8 Å². The van der Waals surface area contributed by atoms with Crippen molar-refractivity contribution in [2.24, 2.45) is 0 Å². The number of anilines is 1. The molecule has 3 rings (SSSR count). The van der Waals surface area contributed by atoms with E-state index in [0.717, 1.165) is 34.8 Å². The van der Waals surface area contributed by atoms with E-state index in [4.69, 9.17) is 0 Å². The topological polar surface area (TPSA) is 72.7 Å². The summed E-state index contributed by atoms with van der Waals surface area (Å²) >= 11 is 1.38. The largest absolute Gasteiger partial charge is 0.325 e. The molecule has 1 aliphatic carbocycles. The molecule has 0 unspecified atom stereocenters. The van der Waals surface area contributed by atoms with E-state index < -0.39 is 0 Å². The Kier molecular flexibility index (Phi) is 4.15. The SMILES string of the molecule is Cc1cc(C)c(NC(=O)CSc2nnnn2C2CC2)c(C)c1. The number of nitrogens with zero attached hydrogens (tertiary/aromatic N) is 4. The second-order valence-corrected chi connectivity index (χ2v) is 6.69. The summed E-state index contributed by atoms with van der Waals surface area (Å²) in [4.78, 5) is 12.2. The zero-order valence-electron chi connectivity index (χ0n) is 13.0. The van der Waals surface area contributed by atoms with E-state index in [0.29, 0.717) is 11.8 Å². The van der Waals surface area contributed by atoms with Gasteiger partial charge in [0.25, 0.3) is 0 Å². The molecule has 0 atom stereocenters. The molecule has 0 aliphatic heterocycles. The smallest absolute Gasteiger partial charge is 0.234 e. The number of aromatic nitrogens is 4. The molecule has 1 heterocycles. The monoisotopic (exact) mass is 317 g/mol. The fraction of sp³-hybridized carbons (Fsp3) is 0.467. The minimum Gasteiger partial charge on any atom is -0.325 e. The van der Waals surface area contributed by atoms with Gasteiger partial charge in [0.1, 0.15) is 0 Å². The first-order chi connectivity index (χ1) is 10.5. The molecule has 1 N–H and O–H groups in total. The number of hydrogen-bond donors (Lipinski definition) is 1. The number of rotatable bonds is 5. The Hall–Kier alpha value is -1.89. The molecule has 1 aliphatic rings. The Bertz CT molecular complexity index is 685. The van der Waals surface area contributed by atoms with Gasteiger partial charge in [-0.3, -0.25) is 4.79 Å². The van der Waals surface area contributed by atoms with Crippen LogP contribution in [-0.4, -0.2) is 31.9 Å². The molecule has 1 fully saturated rings. The van der Waals surface area contributed by atoms with Gasteiger partial charge < -0.3 is 5.32 Å². The second-order valence-electron chi connectivity index (χ2n) is 5.75. The highest BCUT2D eigenvalue weighted by atomic mass is 32.2. The first-order valence-electron chi connectivity index (χ1n) is 7.33. The van der Waals surface area contributed by atoms with Crippen LogP contribution in [0.15, 0.2) is 17.3 Å². The van der Waals surface area contributed by atoms with Crippen LogP contribution < -0.4 is 5.32 Å². The first kappa shape index (κ1) is 15.0. The van der Waals surface area contributed by atoms with Gasteiger partial charge in [-0.15, -0.1) is 5.10 Å². The third kappa shape index (κ3) is 3.30. The quantitative estimate of drug-likeness (QED) is 0.858. The molecule has 1 saturated carbocycles. The van der Waals surface area contributed by atoms with Crippen LogP contribution in [0.2, 0.25) is 0 Å². The maximum absolute atomic E-state index is 12.2. The fourth-order valence-electron chi connectivity index (χ4n) is 2.51. The lowest BCUT2D eigenvalue weighted by Gasteiger charge is -2.12. The van der Waals surface area contributed by atoms with E-state index in [1.165, 1.54) is 17.3 Å². The highest BCUT2D eigenvalue weighted by molar-refractivity contribution is 7.99. The molecule has 0 spiro atoms. The number of carbonyl (C=O) groups excluding carboxylic acids is 1. The van der Waals surface area contributed by atoms with E-state index >= 15 is 0 Å². The molecular formula is C15H19N5OS. The average molecular weight is 317 g/mol. The Morgan fingerprint density at radius 3 is 2.64 bits per heavy atom. The Morgan fingerprint density at radius 1 is 1.32 bits per heavy atom. The predicted molar refractivity (Wildman–Crippen MR) is 86.1 cm³/mol. The molecule has 116 valence electrons. The van der Waals surface area contributed by atoms with Crippen molar-refractivity contribution in [1.82, 2.24) is 20.2 Å². The summed E-state index contributed by atoms with van der Waals surface area (Å²) in [5.41, 5.74) is 4.27. The number of carbonyl (C=O) groups is 1. The number of amides is 1. The maximum Gasteiger partial charge on any atom is 0.234 e. The maximum atomic E-state index is 12.2. The molecule has 6 nitrogen and oxygen atoms in total. The first-order valence-corrected chi connectivity index (χ1v) is 8.31. The summed E-state index contributed by atoms with van der Waals surface area (Å²) in [6, 6.07) is 4.56. The summed E-state index contributed by atoms with van der Waals surface area (Å²) in [5.74, 6) is 0.269. The van der Waals surface area contributed by atoms with Crippen molar-refractivity contribution < 1.29 is 4.79 Å². The molecular weight excluding hydrogens is 298 g/mol. The molecule has 1 amide bonds. The number of nitrogens with one attached hydrogen (secondary N) is 1. The van der Waals surface area contributed by atoms with Crippen molar-refractivity contribution in [3.8, 4) is 0 Å². The van der Waals surface area contributed by atoms with Gasteiger partial charge in [-0.25, -0.2) is 4.68 Å². The summed E-state index contributed by atoms with van der Waals surface area (Å²) in [7, 11) is 0. The average Bonchev–Trinajstić information content (AvgIpc) is 3.19. The van der Waals surface area contributed by atoms with Gasteiger partial charge in [-0.2, -0.15) is 0 Å². The van der Waals surface area contributed by atoms with Gasteiger partial charge in [0.2, 0.25) is 11.1 Å². The number of tetrazole rings is 1. The van der Waals surface area contributed by atoms with Crippen molar-refractivity contribution in [3.05, 3.63) is 28.8 Å². The molecule has 1 aromatic carbocycles. The van der Waals surface area contributed by atoms with Crippen molar-refractivity contribution in [1.29, 1.82) is 0 Å². The Morgan fingerprint density at radius 2 is 2.00 bits per heavy atom. The number of aryl methyl sites for hydroxylation is 3. The number of thioether (sulfide) groups is 1. The van der Waals surface area contributed by atoms with Crippen LogP contribution in [-0.2, 0) is 4.79 Å². The van der Waals surface area contributed by atoms with E-state index in [9.17, 15) is 4.79 Å². The number of benzene rings is 1. The summed E-state index contributed by atoms with van der Waals surface area (Å²) in [5, 5.41) is 15.4. The van der Waals surface area contributed by atoms with Crippen molar-refractivity contribution >= 4 is 23.4 Å². The van der Waals surface area contributed by atoms with Crippen LogP contribution in [0.25, 0.3) is 0 Å². The van der Waals surface area contributed by atoms with Gasteiger partial charge in [0.15, 0.2) is 0 Å². The third-order valence-electron chi connectivity index (χ3n) is 3.63. The Labute approximate surface area is 133 Å². The van der Waals surface area contributed by atoms with E-state index in [1.807, 2.05) is 18.5 Å². The van der Waals surface area contributed by atoms with E-state index in [1.54, 1.807) is 0 Å². The summed E-state index contributed by atoms with van der Waals surface area (Å²) in [6.07, 6.45) is 2.24. The Balaban J connectivity index is 1.62. The van der Waals surface area contributed by atoms with Gasteiger partial charge in [0, 0.05) is 5.69 Å². The highest BCUT2D eigenvalue weighted by Gasteiger charge is 2.28. The zero-order valence-corrected chi connectivity index (χ0v) is 13.8. The van der Waals surface area contributed by atoms with Crippen LogP contribution in [0.3, 0.4) is 0 Å². The molecule has 0 saturated heterocycles. The van der Waals surface area contributed by atoms with Crippen LogP contribution in [0.4, 0.5) is 5.69 Å². The zero-order chi connectivity index (χ0) is 15.7. The molecule has 1 aromatic heterocycles. The highest BCUT2D eigenvalue weighted by Crippen LogP contribution is 2.36. The molecule has 0 radical (unpaired) electrons. The van der Waals surface area contributed by atoms with Gasteiger partial charge >= 0.3 is 0 Å². The molecule has 0 bridgehead atoms. The lowest BCUT2D eigenvalue weighted by molar-refractivity contribution is -0.113. The van der Waals surface area contributed by atoms with Crippen LogP contribution in [0.1, 0.15) is 35.6 Å². The summed E-state index contributed by atoms with van der Waals surface area (Å²) < 4.78 is 1.82. The fourth-order valence-corrected chi connectivity index (χ4v) is 3.26. The lowest BCUT2D eigenvalue weighted by atomic mass is 10.1. The van der Waals surface area contributed by atoms with Crippen LogP contribution >= 0.6 is 11.8 Å². The lowest BCUT2D eigenvalue weighted by Crippen LogP contribution is -2.16. The van der Waals surface area contributed by atoms with E-state index in [2.05, 4.69) is 39.9 Å². The van der Waals surface area contributed by atoms with Gasteiger partial charge in [-0.1, -0.05) is 29.5 Å². The minimum atomic E-state index is -0.0367. The summed E-state index contributed by atoms with van der Waals surface area (Å²) in [6.45, 7) is 6.08. The van der Waals surface area contributed by atoms with Crippen LogP contribution in [0, 0.1) is 20.8 Å². The number of hydrogen-bond acceptors (Lipinski definition) is 5. The van der Waals surface area contributed by atoms with Crippen molar-refractivity contribution in [2.75, 3.05) is 11.1 Å². The minimum absolute atomic E-state index is 0.0367. The molecule has 7 heteroatoms. The van der Waals surface area contributed by atoms with E-state index in [-0.39, 0.29) is 5.91 Å². The standard InChI is InChI=1S/C15H19N5OS/c1-9-6-10(2)14(11(3)7-9)16-13(21)8-22-15-17-18-19-20(15)12-4-5-12/h6-7,12H,4-5,8H2,1-3H3,(H,16,21). The molecule has 22 heavy (non-hydrogen) atoms. The molecule has 2 aromatic rings.